The van der Waals surface area contributed by atoms with E-state index >= 15 is 0 Å². The van der Waals surface area contributed by atoms with Gasteiger partial charge in [0.1, 0.15) is 0 Å². The Bertz CT molecular complexity index is 783. The second kappa shape index (κ2) is 5.57. The maximum absolute atomic E-state index is 12.9. The molecule has 0 aliphatic heterocycles. The second-order valence-corrected chi connectivity index (χ2v) is 7.18. The minimum absolute atomic E-state index is 0.177. The summed E-state index contributed by atoms with van der Waals surface area (Å²) in [5.41, 5.74) is 1.06. The van der Waals surface area contributed by atoms with Gasteiger partial charge in [-0.25, -0.2) is 0 Å². The fourth-order valence-corrected chi connectivity index (χ4v) is 2.93. The van der Waals surface area contributed by atoms with Crippen LogP contribution in [-0.4, -0.2) is 5.78 Å². The fourth-order valence-electron chi connectivity index (χ4n) is 2.93. The van der Waals surface area contributed by atoms with Gasteiger partial charge in [-0.3, -0.25) is 4.79 Å². The van der Waals surface area contributed by atoms with E-state index in [2.05, 4.69) is 51.1 Å². The average molecular weight is 290 g/mol. The van der Waals surface area contributed by atoms with Gasteiger partial charge in [0.15, 0.2) is 5.78 Å². The summed E-state index contributed by atoms with van der Waals surface area (Å²) in [5.74, 6) is 0.253. The predicted octanol–water partition coefficient (Wildman–Crippen LogP) is 6.00. The van der Waals surface area contributed by atoms with Crippen LogP contribution in [0.25, 0.3) is 21.5 Å². The van der Waals surface area contributed by atoms with E-state index < -0.39 is 0 Å². The van der Waals surface area contributed by atoms with Gasteiger partial charge >= 0.3 is 0 Å². The molecule has 3 aromatic rings. The molecule has 0 saturated carbocycles. The van der Waals surface area contributed by atoms with Crippen LogP contribution in [0.15, 0.2) is 54.6 Å². The number of ketones is 1. The Morgan fingerprint density at radius 3 is 1.86 bits per heavy atom. The van der Waals surface area contributed by atoms with Gasteiger partial charge in [0, 0.05) is 12.0 Å². The van der Waals surface area contributed by atoms with Crippen LogP contribution in [0.3, 0.4) is 0 Å². The first-order valence-electron chi connectivity index (χ1n) is 7.89. The topological polar surface area (TPSA) is 17.1 Å². The van der Waals surface area contributed by atoms with E-state index in [1.165, 1.54) is 0 Å². The number of rotatable bonds is 3. The van der Waals surface area contributed by atoms with Crippen molar-refractivity contribution in [2.45, 2.75) is 33.6 Å². The van der Waals surface area contributed by atoms with Crippen LogP contribution in [0.4, 0.5) is 0 Å². The highest BCUT2D eigenvalue weighted by molar-refractivity contribution is 6.18. The summed E-state index contributed by atoms with van der Waals surface area (Å²) in [7, 11) is 0. The van der Waals surface area contributed by atoms with Crippen LogP contribution >= 0.6 is 0 Å². The zero-order valence-corrected chi connectivity index (χ0v) is 13.5. The summed E-state index contributed by atoms with van der Waals surface area (Å²) < 4.78 is 0. The van der Waals surface area contributed by atoms with Crippen LogP contribution < -0.4 is 0 Å². The Morgan fingerprint density at radius 2 is 1.36 bits per heavy atom. The minimum atomic E-state index is 0.177. The van der Waals surface area contributed by atoms with E-state index in [1.807, 2.05) is 24.3 Å². The van der Waals surface area contributed by atoms with Crippen molar-refractivity contribution in [3.63, 3.8) is 0 Å². The lowest BCUT2D eigenvalue weighted by molar-refractivity contribution is 0.0969. The molecule has 0 bridgehead atoms. The summed E-state index contributed by atoms with van der Waals surface area (Å²) in [4.78, 5) is 12.9. The van der Waals surface area contributed by atoms with E-state index in [-0.39, 0.29) is 11.2 Å². The van der Waals surface area contributed by atoms with Crippen molar-refractivity contribution < 1.29 is 4.79 Å². The molecular weight excluding hydrogens is 268 g/mol. The van der Waals surface area contributed by atoms with Crippen LogP contribution in [0.5, 0.6) is 0 Å². The quantitative estimate of drug-likeness (QED) is 0.427. The van der Waals surface area contributed by atoms with E-state index in [0.717, 1.165) is 33.5 Å². The Labute approximate surface area is 132 Å². The molecule has 0 spiro atoms. The van der Waals surface area contributed by atoms with Crippen molar-refractivity contribution in [1.29, 1.82) is 0 Å². The lowest BCUT2D eigenvalue weighted by Crippen LogP contribution is -2.10. The largest absolute Gasteiger partial charge is 0.294 e. The first-order valence-corrected chi connectivity index (χ1v) is 7.89. The molecule has 0 unspecified atom stereocenters. The number of hydrogen-bond acceptors (Lipinski definition) is 1. The zero-order chi connectivity index (χ0) is 15.7. The highest BCUT2D eigenvalue weighted by atomic mass is 16.1. The molecule has 0 fully saturated rings. The molecule has 22 heavy (non-hydrogen) atoms. The molecule has 0 amide bonds. The lowest BCUT2D eigenvalue weighted by Gasteiger charge is -2.18. The highest BCUT2D eigenvalue weighted by Gasteiger charge is 2.18. The highest BCUT2D eigenvalue weighted by Crippen LogP contribution is 2.31. The number of benzene rings is 3. The number of hydrogen-bond donors (Lipinski definition) is 0. The SMILES string of the molecule is CC(C)(C)CCC(=O)c1c2ccccc2cc2ccccc12. The van der Waals surface area contributed by atoms with Crippen molar-refractivity contribution in [3.05, 3.63) is 60.2 Å². The molecule has 0 N–H and O–H groups in total. The lowest BCUT2D eigenvalue weighted by atomic mass is 9.86. The van der Waals surface area contributed by atoms with E-state index in [9.17, 15) is 4.79 Å². The molecule has 0 atom stereocenters. The molecule has 0 aliphatic carbocycles. The monoisotopic (exact) mass is 290 g/mol. The van der Waals surface area contributed by atoms with Crippen LogP contribution in [-0.2, 0) is 0 Å². The minimum Gasteiger partial charge on any atom is -0.294 e. The van der Waals surface area contributed by atoms with Gasteiger partial charge in [0.05, 0.1) is 0 Å². The normalized spacial score (nSPS) is 12.0. The molecule has 0 aromatic heterocycles. The number of fused-ring (bicyclic) bond motifs is 2. The maximum Gasteiger partial charge on any atom is 0.164 e. The first-order chi connectivity index (χ1) is 10.5. The smallest absolute Gasteiger partial charge is 0.164 e. The Morgan fingerprint density at radius 1 is 0.864 bits per heavy atom. The van der Waals surface area contributed by atoms with Crippen molar-refractivity contribution >= 4 is 27.3 Å². The Balaban J connectivity index is 2.18. The zero-order valence-electron chi connectivity index (χ0n) is 13.5. The third-order valence-corrected chi connectivity index (χ3v) is 4.15. The molecule has 0 radical (unpaired) electrons. The molecule has 1 nitrogen and oxygen atoms in total. The van der Waals surface area contributed by atoms with Gasteiger partial charge in [-0.2, -0.15) is 0 Å². The van der Waals surface area contributed by atoms with Gasteiger partial charge in [0.2, 0.25) is 0 Å². The molecule has 112 valence electrons. The summed E-state index contributed by atoms with van der Waals surface area (Å²) in [6, 6.07) is 18.5. The molecule has 0 saturated heterocycles. The average Bonchev–Trinajstić information content (AvgIpc) is 2.49. The van der Waals surface area contributed by atoms with Gasteiger partial charge in [-0.15, -0.1) is 0 Å². The maximum atomic E-state index is 12.9. The van der Waals surface area contributed by atoms with Gasteiger partial charge in [0.25, 0.3) is 0 Å². The summed E-state index contributed by atoms with van der Waals surface area (Å²) in [5, 5.41) is 4.42. The molecule has 3 rings (SSSR count). The molecular formula is C21H22O. The van der Waals surface area contributed by atoms with E-state index in [0.29, 0.717) is 6.42 Å². The third-order valence-electron chi connectivity index (χ3n) is 4.15. The van der Waals surface area contributed by atoms with Crippen LogP contribution in [0.2, 0.25) is 0 Å². The van der Waals surface area contributed by atoms with Gasteiger partial charge in [-0.1, -0.05) is 69.3 Å². The van der Waals surface area contributed by atoms with Crippen LogP contribution in [0, 0.1) is 5.41 Å². The summed E-state index contributed by atoms with van der Waals surface area (Å²) in [6.45, 7) is 6.55. The summed E-state index contributed by atoms with van der Waals surface area (Å²) in [6.07, 6.45) is 1.50. The standard InChI is InChI=1S/C21H22O/c1-21(2,3)13-12-19(22)20-17-10-6-4-8-15(17)14-16-9-5-7-11-18(16)20/h4-11,14H,12-13H2,1-3H3. The predicted molar refractivity (Wildman–Crippen MR) is 94.5 cm³/mol. The Kier molecular flexibility index (Phi) is 3.74. The first kappa shape index (κ1) is 14.8. The van der Waals surface area contributed by atoms with Crippen molar-refractivity contribution in [1.82, 2.24) is 0 Å². The molecule has 0 aliphatic rings. The number of carbonyl (C=O) groups is 1. The van der Waals surface area contributed by atoms with Crippen molar-refractivity contribution in [3.8, 4) is 0 Å². The summed E-state index contributed by atoms with van der Waals surface area (Å²) >= 11 is 0. The van der Waals surface area contributed by atoms with Gasteiger partial charge < -0.3 is 0 Å². The van der Waals surface area contributed by atoms with E-state index in [4.69, 9.17) is 0 Å². The van der Waals surface area contributed by atoms with Crippen molar-refractivity contribution in [2.75, 3.05) is 0 Å². The molecule has 3 aromatic carbocycles. The molecule has 1 heteroatoms. The number of Topliss-reactive ketones (excluding diaryl/α,β-unsaturated/α-hetero) is 1. The Hall–Kier alpha value is -2.15. The second-order valence-electron chi connectivity index (χ2n) is 7.18. The van der Waals surface area contributed by atoms with Crippen LogP contribution in [0.1, 0.15) is 44.0 Å². The van der Waals surface area contributed by atoms with Gasteiger partial charge in [-0.05, 0) is 39.4 Å². The third kappa shape index (κ3) is 2.89. The number of carbonyl (C=O) groups excluding carboxylic acids is 1. The molecule has 0 heterocycles. The van der Waals surface area contributed by atoms with E-state index in [1.54, 1.807) is 0 Å². The van der Waals surface area contributed by atoms with Crippen molar-refractivity contribution in [2.24, 2.45) is 5.41 Å². The fraction of sp³-hybridized carbons (Fsp3) is 0.286.